The minimum atomic E-state index is -1.14. The largest absolute Gasteiger partial charge is 0.495 e. The Hall–Kier alpha value is -3.69. The van der Waals surface area contributed by atoms with Crippen LogP contribution in [0.3, 0.4) is 0 Å². The Morgan fingerprint density at radius 2 is 1.91 bits per heavy atom. The number of carbonyl (C=O) groups is 1. The molecule has 9 nitrogen and oxygen atoms in total. The minimum absolute atomic E-state index is 0.0854. The molecule has 0 unspecified atom stereocenters. The highest BCUT2D eigenvalue weighted by Crippen LogP contribution is 2.28. The van der Waals surface area contributed by atoms with Crippen molar-refractivity contribution in [3.05, 3.63) is 82.0 Å². The number of aromatic nitrogens is 4. The van der Waals surface area contributed by atoms with Crippen molar-refractivity contribution in [2.24, 2.45) is 0 Å². The summed E-state index contributed by atoms with van der Waals surface area (Å²) in [6.45, 7) is 0.801. The van der Waals surface area contributed by atoms with E-state index in [1.165, 1.54) is 24.2 Å². The van der Waals surface area contributed by atoms with Gasteiger partial charge in [0.2, 0.25) is 0 Å². The summed E-state index contributed by atoms with van der Waals surface area (Å²) in [5.41, 5.74) is 0.336. The predicted octanol–water partition coefficient (Wildman–Crippen LogP) is 2.91. The number of fused-ring (bicyclic) bond motifs is 1. The average Bonchev–Trinajstić information content (AvgIpc) is 3.31. The van der Waals surface area contributed by atoms with E-state index in [1.807, 2.05) is 30.3 Å². The molecule has 0 saturated carbocycles. The maximum absolute atomic E-state index is 13.1. The first-order valence-corrected chi connectivity index (χ1v) is 11.6. The van der Waals surface area contributed by atoms with Gasteiger partial charge in [-0.2, -0.15) is 5.10 Å². The smallest absolute Gasteiger partial charge is 0.264 e. The molecule has 35 heavy (non-hydrogen) atoms. The first kappa shape index (κ1) is 23.1. The van der Waals surface area contributed by atoms with Crippen LogP contribution in [-0.4, -0.2) is 61.0 Å². The molecule has 1 amide bonds. The van der Waals surface area contributed by atoms with E-state index in [2.05, 4.69) is 10.1 Å². The molecule has 4 aromatic rings. The maximum atomic E-state index is 13.1. The summed E-state index contributed by atoms with van der Waals surface area (Å²) in [6.07, 6.45) is 3.61. The van der Waals surface area contributed by atoms with Gasteiger partial charge in [0.05, 0.1) is 36.2 Å². The highest BCUT2D eigenvalue weighted by atomic mass is 35.5. The van der Waals surface area contributed by atoms with Crippen LogP contribution < -0.4 is 10.3 Å². The number of ether oxygens (including phenoxy) is 1. The van der Waals surface area contributed by atoms with Crippen molar-refractivity contribution in [1.82, 2.24) is 24.2 Å². The SMILES string of the molecule is COc1cc(C(=O)N2CCC(O)(Cn3cnc4c(cnn4-c4ccccc4)c3=O)CC2)ccc1Cl. The van der Waals surface area contributed by atoms with E-state index < -0.39 is 5.60 Å². The van der Waals surface area contributed by atoms with E-state index in [1.54, 1.807) is 27.8 Å². The summed E-state index contributed by atoms with van der Waals surface area (Å²) < 4.78 is 8.24. The molecule has 5 rings (SSSR count). The highest BCUT2D eigenvalue weighted by Gasteiger charge is 2.35. The molecular formula is C25H24ClN5O4. The molecule has 1 saturated heterocycles. The first-order chi connectivity index (χ1) is 16.9. The molecule has 2 aromatic carbocycles. The zero-order valence-electron chi connectivity index (χ0n) is 19.1. The number of para-hydroxylation sites is 1. The normalized spacial score (nSPS) is 15.3. The molecule has 10 heteroatoms. The van der Waals surface area contributed by atoms with Gasteiger partial charge in [-0.3, -0.25) is 14.2 Å². The number of amides is 1. The summed E-state index contributed by atoms with van der Waals surface area (Å²) in [4.78, 5) is 32.2. The Kier molecular flexibility index (Phi) is 6.04. The standard InChI is InChI=1S/C25H24ClN5O4/c1-35-21-13-17(7-8-20(21)26)23(32)29-11-9-25(34,10-12-29)15-30-16-27-22-19(24(30)33)14-28-31(22)18-5-3-2-4-6-18/h2-8,13-14,16,34H,9-12,15H2,1H3. The molecule has 0 atom stereocenters. The first-order valence-electron chi connectivity index (χ1n) is 11.2. The Balaban J connectivity index is 1.31. The monoisotopic (exact) mass is 493 g/mol. The third kappa shape index (κ3) is 4.40. The molecule has 1 N–H and O–H groups in total. The van der Waals surface area contributed by atoms with Crippen molar-refractivity contribution >= 4 is 28.5 Å². The van der Waals surface area contributed by atoms with Gasteiger partial charge in [-0.15, -0.1) is 0 Å². The van der Waals surface area contributed by atoms with Crippen molar-refractivity contribution in [3.8, 4) is 11.4 Å². The van der Waals surface area contributed by atoms with Crippen molar-refractivity contribution in [2.75, 3.05) is 20.2 Å². The summed E-state index contributed by atoms with van der Waals surface area (Å²) in [5.74, 6) is 0.277. The Morgan fingerprint density at radius 3 is 2.63 bits per heavy atom. The summed E-state index contributed by atoms with van der Waals surface area (Å²) >= 11 is 6.06. The number of hydrogen-bond acceptors (Lipinski definition) is 6. The number of nitrogens with zero attached hydrogens (tertiary/aromatic N) is 5. The lowest BCUT2D eigenvalue weighted by molar-refractivity contribution is -0.0299. The Bertz CT molecular complexity index is 1440. The lowest BCUT2D eigenvalue weighted by Crippen LogP contribution is -2.49. The number of hydrogen-bond donors (Lipinski definition) is 1. The van der Waals surface area contributed by atoms with Crippen LogP contribution in [0.5, 0.6) is 5.75 Å². The summed E-state index contributed by atoms with van der Waals surface area (Å²) in [7, 11) is 1.50. The van der Waals surface area contributed by atoms with Gasteiger partial charge in [-0.05, 0) is 43.2 Å². The fourth-order valence-corrected chi connectivity index (χ4v) is 4.59. The van der Waals surface area contributed by atoms with Crippen LogP contribution in [0.15, 0.2) is 65.8 Å². The molecule has 180 valence electrons. The van der Waals surface area contributed by atoms with Crippen LogP contribution in [0.2, 0.25) is 5.02 Å². The van der Waals surface area contributed by atoms with E-state index in [0.717, 1.165) is 5.69 Å². The van der Waals surface area contributed by atoms with Crippen molar-refractivity contribution in [2.45, 2.75) is 25.0 Å². The summed E-state index contributed by atoms with van der Waals surface area (Å²) in [6, 6.07) is 14.4. The van der Waals surface area contributed by atoms with Crippen LogP contribution in [0.1, 0.15) is 23.2 Å². The second-order valence-electron chi connectivity index (χ2n) is 8.67. The zero-order chi connectivity index (χ0) is 24.6. The third-order valence-electron chi connectivity index (χ3n) is 6.40. The molecular weight excluding hydrogens is 470 g/mol. The fourth-order valence-electron chi connectivity index (χ4n) is 4.40. The third-order valence-corrected chi connectivity index (χ3v) is 6.71. The van der Waals surface area contributed by atoms with E-state index in [9.17, 15) is 14.7 Å². The fraction of sp³-hybridized carbons (Fsp3) is 0.280. The van der Waals surface area contributed by atoms with Crippen molar-refractivity contribution in [3.63, 3.8) is 0 Å². The maximum Gasteiger partial charge on any atom is 0.264 e. The van der Waals surface area contributed by atoms with Crippen LogP contribution in [0, 0.1) is 0 Å². The number of aliphatic hydroxyl groups is 1. The number of rotatable bonds is 5. The van der Waals surface area contributed by atoms with E-state index in [-0.39, 0.29) is 18.0 Å². The van der Waals surface area contributed by atoms with Gasteiger partial charge >= 0.3 is 0 Å². The van der Waals surface area contributed by atoms with E-state index in [0.29, 0.717) is 53.3 Å². The topological polar surface area (TPSA) is 102 Å². The number of likely N-dealkylation sites (tertiary alicyclic amines) is 1. The lowest BCUT2D eigenvalue weighted by atomic mass is 9.91. The molecule has 0 aliphatic carbocycles. The quantitative estimate of drug-likeness (QED) is 0.458. The van der Waals surface area contributed by atoms with Gasteiger partial charge in [0.1, 0.15) is 17.5 Å². The van der Waals surface area contributed by atoms with Gasteiger partial charge in [0.15, 0.2) is 5.65 Å². The van der Waals surface area contributed by atoms with Gasteiger partial charge in [-0.25, -0.2) is 9.67 Å². The predicted molar refractivity (Wildman–Crippen MR) is 131 cm³/mol. The second kappa shape index (κ2) is 9.16. The van der Waals surface area contributed by atoms with E-state index in [4.69, 9.17) is 16.3 Å². The van der Waals surface area contributed by atoms with Crippen LogP contribution in [-0.2, 0) is 6.54 Å². The number of carbonyl (C=O) groups excluding carboxylic acids is 1. The Morgan fingerprint density at radius 1 is 1.17 bits per heavy atom. The highest BCUT2D eigenvalue weighted by molar-refractivity contribution is 6.32. The lowest BCUT2D eigenvalue weighted by Gasteiger charge is -2.38. The zero-order valence-corrected chi connectivity index (χ0v) is 19.9. The second-order valence-corrected chi connectivity index (χ2v) is 9.08. The van der Waals surface area contributed by atoms with Gasteiger partial charge in [0, 0.05) is 18.7 Å². The summed E-state index contributed by atoms with van der Waals surface area (Å²) in [5, 5.41) is 16.3. The number of benzene rings is 2. The Labute approximate surface area is 206 Å². The van der Waals surface area contributed by atoms with Crippen LogP contribution in [0.25, 0.3) is 16.7 Å². The van der Waals surface area contributed by atoms with Gasteiger partial charge in [0.25, 0.3) is 11.5 Å². The molecule has 2 aromatic heterocycles. The average molecular weight is 494 g/mol. The van der Waals surface area contributed by atoms with Gasteiger partial charge in [-0.1, -0.05) is 29.8 Å². The molecule has 0 bridgehead atoms. The molecule has 1 aliphatic rings. The minimum Gasteiger partial charge on any atom is -0.495 e. The molecule has 0 radical (unpaired) electrons. The molecule has 1 aliphatic heterocycles. The molecule has 0 spiro atoms. The number of piperidine rings is 1. The van der Waals surface area contributed by atoms with Crippen molar-refractivity contribution in [1.29, 1.82) is 0 Å². The molecule has 3 heterocycles. The van der Waals surface area contributed by atoms with Gasteiger partial charge < -0.3 is 14.7 Å². The van der Waals surface area contributed by atoms with E-state index >= 15 is 0 Å². The van der Waals surface area contributed by atoms with Crippen LogP contribution in [0.4, 0.5) is 0 Å². The number of halogens is 1. The number of methoxy groups -OCH3 is 1. The van der Waals surface area contributed by atoms with Crippen molar-refractivity contribution < 1.29 is 14.6 Å². The van der Waals surface area contributed by atoms with Crippen LogP contribution >= 0.6 is 11.6 Å². The molecule has 1 fully saturated rings.